The lowest BCUT2D eigenvalue weighted by molar-refractivity contribution is 0.0276. The summed E-state index contributed by atoms with van der Waals surface area (Å²) >= 11 is 5.92. The highest BCUT2D eigenvalue weighted by Crippen LogP contribution is 2.25. The van der Waals surface area contributed by atoms with Crippen molar-refractivity contribution in [2.45, 2.75) is 31.4 Å². The lowest BCUT2D eigenvalue weighted by atomic mass is 10.0. The number of fused-ring (bicyclic) bond motifs is 1. The second-order valence-corrected chi connectivity index (χ2v) is 8.37. The number of rotatable bonds is 5. The van der Waals surface area contributed by atoms with E-state index >= 15 is 0 Å². The normalized spacial score (nSPS) is 22.5. The lowest BCUT2D eigenvalue weighted by Gasteiger charge is -2.30. The van der Waals surface area contributed by atoms with Gasteiger partial charge in [0.15, 0.2) is 0 Å². The number of ether oxygens (including phenoxy) is 1. The highest BCUT2D eigenvalue weighted by molar-refractivity contribution is 7.89. The van der Waals surface area contributed by atoms with Crippen molar-refractivity contribution in [3.8, 4) is 0 Å². The molecule has 0 bridgehead atoms. The summed E-state index contributed by atoms with van der Waals surface area (Å²) in [5.74, 6) is -0.988. The number of carbonyl (C=O) groups excluding carboxylic acids is 1. The number of hydrogen-bond acceptors (Lipinski definition) is 6. The van der Waals surface area contributed by atoms with Gasteiger partial charge in [0, 0.05) is 23.7 Å². The van der Waals surface area contributed by atoms with Crippen LogP contribution in [0, 0.1) is 0 Å². The van der Waals surface area contributed by atoms with Crippen molar-refractivity contribution in [2.75, 3.05) is 18.9 Å². The van der Waals surface area contributed by atoms with Crippen molar-refractivity contribution in [1.29, 1.82) is 0 Å². The van der Waals surface area contributed by atoms with Crippen molar-refractivity contribution in [2.24, 2.45) is 0 Å². The predicted molar refractivity (Wildman–Crippen MR) is 87.7 cm³/mol. The van der Waals surface area contributed by atoms with Crippen LogP contribution in [-0.2, 0) is 21.2 Å². The van der Waals surface area contributed by atoms with Gasteiger partial charge in [0.05, 0.1) is 17.9 Å². The molecule has 0 unspecified atom stereocenters. The van der Waals surface area contributed by atoms with Crippen LogP contribution in [0.3, 0.4) is 0 Å². The molecule has 1 amide bonds. The summed E-state index contributed by atoms with van der Waals surface area (Å²) in [5, 5.41) is 9.68. The molecule has 1 saturated heterocycles. The van der Waals surface area contributed by atoms with Crippen LogP contribution in [0.4, 0.5) is 0 Å². The van der Waals surface area contributed by atoms with E-state index in [1.165, 1.54) is 6.07 Å². The van der Waals surface area contributed by atoms with E-state index < -0.39 is 27.7 Å². The molecule has 9 heteroatoms. The van der Waals surface area contributed by atoms with Gasteiger partial charge >= 0.3 is 0 Å². The van der Waals surface area contributed by atoms with E-state index in [0.717, 1.165) is 16.3 Å². The first-order valence-corrected chi connectivity index (χ1v) is 9.75. The van der Waals surface area contributed by atoms with Crippen LogP contribution in [0.2, 0.25) is 5.02 Å². The number of nitrogens with zero attached hydrogens (tertiary/aromatic N) is 1. The summed E-state index contributed by atoms with van der Waals surface area (Å²) in [5.41, 5.74) is 3.11. The molecule has 132 valence electrons. The van der Waals surface area contributed by atoms with Gasteiger partial charge in [-0.25, -0.2) is 12.7 Å². The number of sulfonamides is 1. The van der Waals surface area contributed by atoms with Gasteiger partial charge in [0.25, 0.3) is 5.91 Å². The Morgan fingerprint density at radius 1 is 1.46 bits per heavy atom. The molecular weight excluding hydrogens is 356 g/mol. The third-order valence-electron chi connectivity index (χ3n) is 4.42. The van der Waals surface area contributed by atoms with E-state index in [9.17, 15) is 18.4 Å². The fourth-order valence-corrected chi connectivity index (χ4v) is 4.97. The molecular formula is C15H19ClN2O5S. The van der Waals surface area contributed by atoms with Crippen LogP contribution in [0.5, 0.6) is 0 Å². The third-order valence-corrected chi connectivity index (χ3v) is 6.45. The molecule has 1 aromatic rings. The molecule has 1 aromatic carbocycles. The number of nitrogens with one attached hydrogen (secondary N) is 1. The Balaban J connectivity index is 1.81. The predicted octanol–water partition coefficient (Wildman–Crippen LogP) is 1.19. The van der Waals surface area contributed by atoms with Crippen molar-refractivity contribution in [3.05, 3.63) is 34.3 Å². The molecule has 1 fully saturated rings. The zero-order valence-electron chi connectivity index (χ0n) is 12.9. The Morgan fingerprint density at radius 2 is 2.25 bits per heavy atom. The van der Waals surface area contributed by atoms with E-state index in [2.05, 4.69) is 0 Å². The van der Waals surface area contributed by atoms with Crippen LogP contribution < -0.4 is 5.48 Å². The van der Waals surface area contributed by atoms with E-state index in [1.807, 2.05) is 5.48 Å². The van der Waals surface area contributed by atoms with Gasteiger partial charge in [-0.2, -0.15) is 5.48 Å². The average Bonchev–Trinajstić information content (AvgIpc) is 3.07. The minimum atomic E-state index is -3.90. The minimum Gasteiger partial charge on any atom is -0.376 e. The molecule has 3 rings (SSSR count). The molecule has 2 aliphatic heterocycles. The fraction of sp³-hybridized carbons (Fsp3) is 0.533. The first-order valence-electron chi connectivity index (χ1n) is 7.77. The van der Waals surface area contributed by atoms with Crippen LogP contribution >= 0.6 is 11.6 Å². The summed E-state index contributed by atoms with van der Waals surface area (Å²) in [7, 11) is -3.90. The van der Waals surface area contributed by atoms with Gasteiger partial charge in [0.1, 0.15) is 0 Å². The van der Waals surface area contributed by atoms with E-state index in [4.69, 9.17) is 16.3 Å². The number of carbonyl (C=O) groups is 1. The summed E-state index contributed by atoms with van der Waals surface area (Å²) in [4.78, 5) is 12.6. The van der Waals surface area contributed by atoms with Crippen LogP contribution in [0.1, 0.15) is 28.8 Å². The molecule has 0 spiro atoms. The van der Waals surface area contributed by atoms with Gasteiger partial charge in [-0.3, -0.25) is 4.79 Å². The van der Waals surface area contributed by atoms with E-state index in [1.54, 1.807) is 12.1 Å². The largest absolute Gasteiger partial charge is 0.376 e. The van der Waals surface area contributed by atoms with E-state index in [-0.39, 0.29) is 12.6 Å². The number of hydroxylamine groups is 1. The molecule has 2 heterocycles. The Labute approximate surface area is 145 Å². The van der Waals surface area contributed by atoms with Crippen LogP contribution in [0.15, 0.2) is 18.2 Å². The highest BCUT2D eigenvalue weighted by atomic mass is 35.5. The van der Waals surface area contributed by atoms with Crippen molar-refractivity contribution >= 4 is 27.5 Å². The summed E-state index contributed by atoms with van der Waals surface area (Å²) < 4.78 is 31.7. The standard InChI is InChI=1S/C15H19ClN2O5S/c16-11-4-3-10-5-6-18(15(19)12(10)8-11)24(21,22)9-13(17-20)14-2-1-7-23-14/h3-4,8,13-14,17,20H,1-2,5-7,9H2/t13-,14+/m0/s1. The van der Waals surface area contributed by atoms with Crippen molar-refractivity contribution in [1.82, 2.24) is 9.79 Å². The molecule has 0 aliphatic carbocycles. The Bertz CT molecular complexity index is 733. The maximum Gasteiger partial charge on any atom is 0.267 e. The maximum atomic E-state index is 12.7. The minimum absolute atomic E-state index is 0.0828. The lowest BCUT2D eigenvalue weighted by Crippen LogP contribution is -2.50. The van der Waals surface area contributed by atoms with Gasteiger partial charge < -0.3 is 9.94 Å². The molecule has 24 heavy (non-hydrogen) atoms. The number of amides is 1. The second-order valence-electron chi connectivity index (χ2n) is 5.99. The molecule has 2 N–H and O–H groups in total. The molecule has 2 atom stereocenters. The topological polar surface area (TPSA) is 95.9 Å². The fourth-order valence-electron chi connectivity index (χ4n) is 3.15. The zero-order chi connectivity index (χ0) is 17.3. The first kappa shape index (κ1) is 17.6. The van der Waals surface area contributed by atoms with E-state index in [0.29, 0.717) is 30.0 Å². The number of hydrogen-bond donors (Lipinski definition) is 2. The Kier molecular flexibility index (Phi) is 5.12. The first-order chi connectivity index (χ1) is 11.4. The average molecular weight is 375 g/mol. The smallest absolute Gasteiger partial charge is 0.267 e. The van der Waals surface area contributed by atoms with Gasteiger partial charge in [-0.1, -0.05) is 17.7 Å². The van der Waals surface area contributed by atoms with Gasteiger partial charge in [-0.15, -0.1) is 0 Å². The van der Waals surface area contributed by atoms with Gasteiger partial charge in [0.2, 0.25) is 10.0 Å². The summed E-state index contributed by atoms with van der Waals surface area (Å²) in [6.45, 7) is 0.622. The zero-order valence-corrected chi connectivity index (χ0v) is 14.5. The third kappa shape index (κ3) is 3.43. The molecule has 2 aliphatic rings. The van der Waals surface area contributed by atoms with Gasteiger partial charge in [-0.05, 0) is 37.0 Å². The number of benzene rings is 1. The quantitative estimate of drug-likeness (QED) is 0.752. The Morgan fingerprint density at radius 3 is 2.92 bits per heavy atom. The second kappa shape index (κ2) is 6.97. The molecule has 0 aromatic heterocycles. The van der Waals surface area contributed by atoms with Crippen LogP contribution in [0.25, 0.3) is 0 Å². The van der Waals surface area contributed by atoms with Crippen molar-refractivity contribution < 1.29 is 23.2 Å². The summed E-state index contributed by atoms with van der Waals surface area (Å²) in [6.07, 6.45) is 1.54. The van der Waals surface area contributed by atoms with Crippen molar-refractivity contribution in [3.63, 3.8) is 0 Å². The Hall–Kier alpha value is -1.19. The summed E-state index contributed by atoms with van der Waals surface area (Å²) in [6, 6.07) is 4.14. The SMILES string of the molecule is O=C1c2cc(Cl)ccc2CCN1S(=O)(=O)C[C@H](NO)[C@H]1CCCO1. The number of halogens is 1. The monoisotopic (exact) mass is 374 g/mol. The molecule has 0 saturated carbocycles. The maximum absolute atomic E-state index is 12.7. The van der Waals surface area contributed by atoms with Crippen LogP contribution in [-0.4, -0.2) is 54.9 Å². The molecule has 7 nitrogen and oxygen atoms in total. The molecule has 0 radical (unpaired) electrons. The highest BCUT2D eigenvalue weighted by Gasteiger charge is 2.37.